The number of nitrogens with one attached hydrogen (secondary N) is 1. The van der Waals surface area contributed by atoms with E-state index in [1.807, 2.05) is 25.2 Å². The van der Waals surface area contributed by atoms with Crippen molar-refractivity contribution in [3.63, 3.8) is 0 Å². The number of ether oxygens (including phenoxy) is 1. The third-order valence-corrected chi connectivity index (χ3v) is 1.47. The molecule has 0 spiro atoms. The lowest BCUT2D eigenvalue weighted by Gasteiger charge is -2.01. The van der Waals surface area contributed by atoms with Crippen LogP contribution in [0.5, 0.6) is 0 Å². The van der Waals surface area contributed by atoms with Crippen molar-refractivity contribution in [1.29, 1.82) is 0 Å². The summed E-state index contributed by atoms with van der Waals surface area (Å²) in [6, 6.07) is 5.82. The summed E-state index contributed by atoms with van der Waals surface area (Å²) in [5.41, 5.74) is 0.980. The minimum absolute atomic E-state index is 0.600. The fourth-order valence-electron chi connectivity index (χ4n) is 0.834. The Balaban J connectivity index is 2.16. The van der Waals surface area contributed by atoms with Crippen molar-refractivity contribution in [1.82, 2.24) is 10.3 Å². The van der Waals surface area contributed by atoms with E-state index in [0.717, 1.165) is 18.8 Å². The first-order chi connectivity index (χ1) is 5.93. The highest BCUT2D eigenvalue weighted by molar-refractivity contribution is 5.01. The van der Waals surface area contributed by atoms with Crippen molar-refractivity contribution in [3.05, 3.63) is 30.1 Å². The van der Waals surface area contributed by atoms with E-state index in [0.29, 0.717) is 6.61 Å². The number of hydrogen-bond acceptors (Lipinski definition) is 3. The normalized spacial score (nSPS) is 10.1. The van der Waals surface area contributed by atoms with Crippen molar-refractivity contribution in [2.24, 2.45) is 0 Å². The molecule has 0 atom stereocenters. The van der Waals surface area contributed by atoms with E-state index in [1.165, 1.54) is 0 Å². The van der Waals surface area contributed by atoms with Crippen LogP contribution in [0.25, 0.3) is 0 Å². The topological polar surface area (TPSA) is 34.1 Å². The molecule has 1 rings (SSSR count). The largest absolute Gasteiger partial charge is 0.374 e. The van der Waals surface area contributed by atoms with Gasteiger partial charge in [0.15, 0.2) is 0 Å². The Hall–Kier alpha value is -0.930. The maximum Gasteiger partial charge on any atom is 0.0888 e. The second-order valence-corrected chi connectivity index (χ2v) is 2.48. The summed E-state index contributed by atoms with van der Waals surface area (Å²) in [5.74, 6) is 0. The number of likely N-dealkylation sites (N-methyl/N-ethyl adjacent to an activating group) is 1. The molecule has 1 aromatic rings. The van der Waals surface area contributed by atoms with Gasteiger partial charge in [-0.3, -0.25) is 4.98 Å². The van der Waals surface area contributed by atoms with Gasteiger partial charge in [0.1, 0.15) is 0 Å². The minimum atomic E-state index is 0.600. The van der Waals surface area contributed by atoms with Gasteiger partial charge < -0.3 is 10.1 Å². The molecule has 1 heterocycles. The summed E-state index contributed by atoms with van der Waals surface area (Å²) in [7, 11) is 1.91. The van der Waals surface area contributed by atoms with Gasteiger partial charge in [0.25, 0.3) is 0 Å². The number of rotatable bonds is 5. The van der Waals surface area contributed by atoms with Crippen LogP contribution in [0.4, 0.5) is 0 Å². The molecule has 0 bridgehead atoms. The molecule has 0 amide bonds. The number of pyridine rings is 1. The molecule has 0 saturated carbocycles. The Bertz CT molecular complexity index is 201. The van der Waals surface area contributed by atoms with Crippen LogP contribution in [-0.4, -0.2) is 25.2 Å². The minimum Gasteiger partial charge on any atom is -0.374 e. The fraction of sp³-hybridized carbons (Fsp3) is 0.444. The van der Waals surface area contributed by atoms with Gasteiger partial charge in [-0.2, -0.15) is 0 Å². The van der Waals surface area contributed by atoms with E-state index >= 15 is 0 Å². The summed E-state index contributed by atoms with van der Waals surface area (Å²) in [6.07, 6.45) is 1.77. The maximum atomic E-state index is 5.34. The van der Waals surface area contributed by atoms with Gasteiger partial charge in [0, 0.05) is 12.7 Å². The molecule has 0 radical (unpaired) electrons. The molecule has 0 unspecified atom stereocenters. The molecular weight excluding hydrogens is 152 g/mol. The summed E-state index contributed by atoms with van der Waals surface area (Å²) in [4.78, 5) is 4.13. The van der Waals surface area contributed by atoms with Gasteiger partial charge in [-0.1, -0.05) is 6.07 Å². The quantitative estimate of drug-likeness (QED) is 0.657. The molecule has 1 N–H and O–H groups in total. The van der Waals surface area contributed by atoms with Crippen LogP contribution in [-0.2, 0) is 11.3 Å². The van der Waals surface area contributed by atoms with E-state index in [4.69, 9.17) is 4.74 Å². The molecule has 0 aliphatic heterocycles. The molecular formula is C9H14N2O. The summed E-state index contributed by atoms with van der Waals surface area (Å²) >= 11 is 0. The van der Waals surface area contributed by atoms with Crippen molar-refractivity contribution < 1.29 is 4.74 Å². The highest BCUT2D eigenvalue weighted by Crippen LogP contribution is 1.94. The Morgan fingerprint density at radius 2 is 2.42 bits per heavy atom. The van der Waals surface area contributed by atoms with E-state index in [9.17, 15) is 0 Å². The maximum absolute atomic E-state index is 5.34. The van der Waals surface area contributed by atoms with Crippen LogP contribution < -0.4 is 5.32 Å². The Morgan fingerprint density at radius 3 is 3.08 bits per heavy atom. The van der Waals surface area contributed by atoms with Crippen molar-refractivity contribution in [2.45, 2.75) is 6.61 Å². The Labute approximate surface area is 72.8 Å². The van der Waals surface area contributed by atoms with E-state index in [1.54, 1.807) is 6.20 Å². The van der Waals surface area contributed by atoms with Crippen LogP contribution in [0.2, 0.25) is 0 Å². The Kier molecular flexibility index (Phi) is 4.34. The van der Waals surface area contributed by atoms with Crippen LogP contribution in [0.15, 0.2) is 24.4 Å². The lowest BCUT2D eigenvalue weighted by Crippen LogP contribution is -2.14. The monoisotopic (exact) mass is 166 g/mol. The zero-order valence-electron chi connectivity index (χ0n) is 7.29. The van der Waals surface area contributed by atoms with Gasteiger partial charge in [-0.05, 0) is 19.2 Å². The average molecular weight is 166 g/mol. The average Bonchev–Trinajstić information content (AvgIpc) is 2.14. The van der Waals surface area contributed by atoms with E-state index < -0.39 is 0 Å². The van der Waals surface area contributed by atoms with E-state index in [-0.39, 0.29) is 0 Å². The lowest BCUT2D eigenvalue weighted by molar-refractivity contribution is 0.121. The highest BCUT2D eigenvalue weighted by atomic mass is 16.5. The molecule has 66 valence electrons. The smallest absolute Gasteiger partial charge is 0.0888 e. The van der Waals surface area contributed by atoms with Gasteiger partial charge in [-0.15, -0.1) is 0 Å². The zero-order chi connectivity index (χ0) is 8.65. The van der Waals surface area contributed by atoms with Gasteiger partial charge in [0.05, 0.1) is 18.9 Å². The van der Waals surface area contributed by atoms with E-state index in [2.05, 4.69) is 10.3 Å². The summed E-state index contributed by atoms with van der Waals surface area (Å²) < 4.78 is 5.34. The molecule has 0 aliphatic rings. The first kappa shape index (κ1) is 9.16. The van der Waals surface area contributed by atoms with Crippen LogP contribution in [0.3, 0.4) is 0 Å². The zero-order valence-corrected chi connectivity index (χ0v) is 7.29. The molecule has 0 saturated heterocycles. The van der Waals surface area contributed by atoms with Crippen LogP contribution in [0, 0.1) is 0 Å². The van der Waals surface area contributed by atoms with Gasteiger partial charge in [-0.25, -0.2) is 0 Å². The number of aromatic nitrogens is 1. The molecule has 0 fully saturated rings. The predicted octanol–water partition coefficient (Wildman–Crippen LogP) is 0.818. The van der Waals surface area contributed by atoms with Gasteiger partial charge >= 0.3 is 0 Å². The van der Waals surface area contributed by atoms with Gasteiger partial charge in [0.2, 0.25) is 0 Å². The first-order valence-corrected chi connectivity index (χ1v) is 4.05. The second kappa shape index (κ2) is 5.69. The standard InChI is InChI=1S/C9H14N2O/c1-10-6-7-12-8-9-4-2-3-5-11-9/h2-5,10H,6-8H2,1H3. The van der Waals surface area contributed by atoms with Crippen molar-refractivity contribution in [3.8, 4) is 0 Å². The number of nitrogens with zero attached hydrogens (tertiary/aromatic N) is 1. The van der Waals surface area contributed by atoms with Crippen molar-refractivity contribution >= 4 is 0 Å². The molecule has 0 aliphatic carbocycles. The van der Waals surface area contributed by atoms with Crippen molar-refractivity contribution in [2.75, 3.05) is 20.2 Å². The second-order valence-electron chi connectivity index (χ2n) is 2.48. The third kappa shape index (κ3) is 3.46. The number of hydrogen-bond donors (Lipinski definition) is 1. The first-order valence-electron chi connectivity index (χ1n) is 4.05. The summed E-state index contributed by atoms with van der Waals surface area (Å²) in [5, 5.41) is 3.01. The lowest BCUT2D eigenvalue weighted by atomic mass is 10.4. The molecule has 3 nitrogen and oxygen atoms in total. The molecule has 12 heavy (non-hydrogen) atoms. The predicted molar refractivity (Wildman–Crippen MR) is 47.8 cm³/mol. The third-order valence-electron chi connectivity index (χ3n) is 1.47. The summed E-state index contributed by atoms with van der Waals surface area (Å²) in [6.45, 7) is 2.21. The molecule has 1 aromatic heterocycles. The van der Waals surface area contributed by atoms with Crippen LogP contribution in [0.1, 0.15) is 5.69 Å². The van der Waals surface area contributed by atoms with Crippen LogP contribution >= 0.6 is 0 Å². The Morgan fingerprint density at radius 1 is 1.50 bits per heavy atom. The fourth-order valence-corrected chi connectivity index (χ4v) is 0.834. The highest BCUT2D eigenvalue weighted by Gasteiger charge is 1.91. The molecule has 3 heteroatoms. The molecule has 0 aromatic carbocycles. The SMILES string of the molecule is CNCCOCc1ccccn1.